The van der Waals surface area contributed by atoms with Crippen molar-refractivity contribution >= 4 is 22.9 Å². The smallest absolute Gasteiger partial charge is 0.124 e. The Morgan fingerprint density at radius 1 is 1.33 bits per heavy atom. The van der Waals surface area contributed by atoms with Gasteiger partial charge in [0.05, 0.1) is 17.6 Å². The molecule has 1 N–H and O–H groups in total. The van der Waals surface area contributed by atoms with Crippen LogP contribution in [0.4, 0.5) is 0 Å². The second kappa shape index (κ2) is 5.74. The first-order valence-corrected chi connectivity index (χ1v) is 6.86. The molecule has 0 aliphatic rings. The first-order valence-electron chi connectivity index (χ1n) is 5.67. The van der Waals surface area contributed by atoms with Crippen LogP contribution in [-0.4, -0.2) is 12.2 Å². The van der Waals surface area contributed by atoms with Crippen LogP contribution in [0.1, 0.15) is 22.1 Å². The highest BCUT2D eigenvalue weighted by Crippen LogP contribution is 2.31. The molecule has 0 radical (unpaired) electrons. The number of halogens is 1. The van der Waals surface area contributed by atoms with E-state index in [2.05, 4.69) is 0 Å². The van der Waals surface area contributed by atoms with E-state index >= 15 is 0 Å². The quantitative estimate of drug-likeness (QED) is 0.919. The van der Waals surface area contributed by atoms with Crippen LogP contribution in [0.3, 0.4) is 0 Å². The number of aryl methyl sites for hydroxylation is 1. The molecule has 0 bridgehead atoms. The van der Waals surface area contributed by atoms with E-state index in [-0.39, 0.29) is 0 Å². The van der Waals surface area contributed by atoms with Crippen molar-refractivity contribution in [3.8, 4) is 5.75 Å². The number of rotatable bonds is 4. The van der Waals surface area contributed by atoms with Gasteiger partial charge in [0, 0.05) is 16.9 Å². The highest BCUT2D eigenvalue weighted by molar-refractivity contribution is 7.16. The Kier molecular flexibility index (Phi) is 4.27. The number of hydrogen-bond donors (Lipinski definition) is 1. The van der Waals surface area contributed by atoms with Crippen molar-refractivity contribution in [2.75, 3.05) is 7.11 Å². The third-order valence-corrected chi connectivity index (χ3v) is 4.02. The molecule has 18 heavy (non-hydrogen) atoms. The maximum absolute atomic E-state index is 10.3. The minimum atomic E-state index is -0.574. The number of aliphatic hydroxyl groups is 1. The summed E-state index contributed by atoms with van der Waals surface area (Å²) < 4.78 is 6.05. The zero-order chi connectivity index (χ0) is 13.1. The van der Waals surface area contributed by atoms with Gasteiger partial charge in [-0.15, -0.1) is 11.3 Å². The SMILES string of the molecule is COc1cc(C)ccc1C(O)Cc1ccc(Cl)s1. The van der Waals surface area contributed by atoms with E-state index in [0.29, 0.717) is 6.42 Å². The number of aliphatic hydroxyl groups excluding tert-OH is 1. The first kappa shape index (κ1) is 13.4. The Bertz CT molecular complexity index is 536. The predicted molar refractivity (Wildman–Crippen MR) is 75.7 cm³/mol. The second-order valence-electron chi connectivity index (χ2n) is 4.17. The third-order valence-electron chi connectivity index (χ3n) is 2.77. The minimum absolute atomic E-state index is 0.552. The largest absolute Gasteiger partial charge is 0.496 e. The van der Waals surface area contributed by atoms with Gasteiger partial charge < -0.3 is 9.84 Å². The van der Waals surface area contributed by atoms with Crippen molar-refractivity contribution in [2.45, 2.75) is 19.4 Å². The average Bonchev–Trinajstić information content (AvgIpc) is 2.74. The molecule has 1 unspecified atom stereocenters. The van der Waals surface area contributed by atoms with Gasteiger partial charge in [0.1, 0.15) is 5.75 Å². The van der Waals surface area contributed by atoms with Crippen LogP contribution in [-0.2, 0) is 6.42 Å². The van der Waals surface area contributed by atoms with Crippen molar-refractivity contribution in [1.82, 2.24) is 0 Å². The first-order chi connectivity index (χ1) is 8.60. The molecular weight excluding hydrogens is 268 g/mol. The molecule has 96 valence electrons. The van der Waals surface area contributed by atoms with Crippen LogP contribution in [0.15, 0.2) is 30.3 Å². The predicted octanol–water partition coefficient (Wildman–Crippen LogP) is 3.99. The fraction of sp³-hybridized carbons (Fsp3) is 0.286. The van der Waals surface area contributed by atoms with E-state index in [1.807, 2.05) is 37.3 Å². The lowest BCUT2D eigenvalue weighted by atomic mass is 10.0. The molecule has 2 aromatic rings. The lowest BCUT2D eigenvalue weighted by Crippen LogP contribution is -2.03. The molecule has 0 fully saturated rings. The summed E-state index contributed by atoms with van der Waals surface area (Å²) in [5, 5.41) is 10.3. The molecule has 1 atom stereocenters. The summed E-state index contributed by atoms with van der Waals surface area (Å²) >= 11 is 7.37. The number of ether oxygens (including phenoxy) is 1. The summed E-state index contributed by atoms with van der Waals surface area (Å²) in [5.41, 5.74) is 1.93. The Balaban J connectivity index is 2.20. The second-order valence-corrected chi connectivity index (χ2v) is 5.97. The van der Waals surface area contributed by atoms with Crippen LogP contribution >= 0.6 is 22.9 Å². The third kappa shape index (κ3) is 3.05. The van der Waals surface area contributed by atoms with E-state index in [0.717, 1.165) is 26.1 Å². The highest BCUT2D eigenvalue weighted by Gasteiger charge is 2.15. The molecule has 4 heteroatoms. The fourth-order valence-corrected chi connectivity index (χ4v) is 2.98. The van der Waals surface area contributed by atoms with E-state index in [9.17, 15) is 5.11 Å². The molecule has 0 spiro atoms. The van der Waals surface area contributed by atoms with E-state index in [1.165, 1.54) is 11.3 Å². The molecule has 1 aromatic carbocycles. The summed E-state index contributed by atoms with van der Waals surface area (Å²) in [6.07, 6.45) is -0.0214. The van der Waals surface area contributed by atoms with E-state index in [1.54, 1.807) is 7.11 Å². The van der Waals surface area contributed by atoms with Gasteiger partial charge in [-0.3, -0.25) is 0 Å². The van der Waals surface area contributed by atoms with Gasteiger partial charge in [-0.1, -0.05) is 23.7 Å². The molecule has 1 aromatic heterocycles. The summed E-state index contributed by atoms with van der Waals surface area (Å²) in [6, 6.07) is 9.61. The van der Waals surface area contributed by atoms with Crippen molar-refractivity contribution in [3.63, 3.8) is 0 Å². The number of hydrogen-bond acceptors (Lipinski definition) is 3. The molecule has 0 amide bonds. The minimum Gasteiger partial charge on any atom is -0.496 e. The zero-order valence-electron chi connectivity index (χ0n) is 10.3. The van der Waals surface area contributed by atoms with Crippen LogP contribution < -0.4 is 4.74 Å². The van der Waals surface area contributed by atoms with Crippen molar-refractivity contribution in [2.24, 2.45) is 0 Å². The Hall–Kier alpha value is -1.03. The van der Waals surface area contributed by atoms with Crippen LogP contribution in [0.5, 0.6) is 5.75 Å². The van der Waals surface area contributed by atoms with Gasteiger partial charge in [0.2, 0.25) is 0 Å². The highest BCUT2D eigenvalue weighted by atomic mass is 35.5. The summed E-state index contributed by atoms with van der Waals surface area (Å²) in [4.78, 5) is 1.06. The van der Waals surface area contributed by atoms with Crippen LogP contribution in [0.2, 0.25) is 4.34 Å². The zero-order valence-corrected chi connectivity index (χ0v) is 11.9. The van der Waals surface area contributed by atoms with Gasteiger partial charge >= 0.3 is 0 Å². The van der Waals surface area contributed by atoms with Gasteiger partial charge in [-0.2, -0.15) is 0 Å². The molecule has 0 saturated heterocycles. The van der Waals surface area contributed by atoms with Gasteiger partial charge in [-0.05, 0) is 30.7 Å². The Morgan fingerprint density at radius 2 is 2.11 bits per heavy atom. The molecular formula is C14H15ClO2S. The van der Waals surface area contributed by atoms with Crippen LogP contribution in [0, 0.1) is 6.92 Å². The molecule has 0 aliphatic carbocycles. The summed E-state index contributed by atoms with van der Waals surface area (Å²) in [6.45, 7) is 2.00. The number of benzene rings is 1. The molecule has 0 saturated carbocycles. The Labute approximate surface area is 116 Å². The number of thiophene rings is 1. The number of methoxy groups -OCH3 is 1. The standard InChI is InChI=1S/C14H15ClO2S/c1-9-3-5-11(13(7-9)17-2)12(16)8-10-4-6-14(15)18-10/h3-7,12,16H,8H2,1-2H3. The van der Waals surface area contributed by atoms with Crippen molar-refractivity contribution < 1.29 is 9.84 Å². The maximum atomic E-state index is 10.3. The molecule has 2 rings (SSSR count). The van der Waals surface area contributed by atoms with Gasteiger partial charge in [0.15, 0.2) is 0 Å². The molecule has 2 nitrogen and oxygen atoms in total. The summed E-state index contributed by atoms with van der Waals surface area (Å²) in [7, 11) is 1.62. The van der Waals surface area contributed by atoms with E-state index in [4.69, 9.17) is 16.3 Å². The monoisotopic (exact) mass is 282 g/mol. The lowest BCUT2D eigenvalue weighted by Gasteiger charge is -2.14. The lowest BCUT2D eigenvalue weighted by molar-refractivity contribution is 0.175. The normalized spacial score (nSPS) is 12.4. The van der Waals surface area contributed by atoms with E-state index < -0.39 is 6.10 Å². The molecule has 1 heterocycles. The van der Waals surface area contributed by atoms with Crippen molar-refractivity contribution in [3.05, 3.63) is 50.7 Å². The van der Waals surface area contributed by atoms with Crippen molar-refractivity contribution in [1.29, 1.82) is 0 Å². The van der Waals surface area contributed by atoms with Gasteiger partial charge in [-0.25, -0.2) is 0 Å². The van der Waals surface area contributed by atoms with Crippen LogP contribution in [0.25, 0.3) is 0 Å². The Morgan fingerprint density at radius 3 is 2.72 bits per heavy atom. The molecule has 0 aliphatic heterocycles. The topological polar surface area (TPSA) is 29.5 Å². The fourth-order valence-electron chi connectivity index (χ4n) is 1.86. The summed E-state index contributed by atoms with van der Waals surface area (Å²) in [5.74, 6) is 0.727. The maximum Gasteiger partial charge on any atom is 0.124 e. The van der Waals surface area contributed by atoms with Gasteiger partial charge in [0.25, 0.3) is 0 Å². The average molecular weight is 283 g/mol.